The lowest BCUT2D eigenvalue weighted by Gasteiger charge is -2.25. The highest BCUT2D eigenvalue weighted by atomic mass is 16.2. The number of carbonyl (C=O) groups excluding carboxylic acids is 2. The van der Waals surface area contributed by atoms with E-state index in [-0.39, 0.29) is 17.9 Å². The van der Waals surface area contributed by atoms with Crippen LogP contribution in [0.2, 0.25) is 0 Å². The first-order valence-electron chi connectivity index (χ1n) is 8.30. The topological polar surface area (TPSA) is 65.5 Å². The maximum Gasteiger partial charge on any atom is 0.254 e. The fraction of sp³-hybridized carbons (Fsp3) is 0.316. The molecule has 130 valence electrons. The molecular weight excluding hydrogens is 316 g/mol. The molecule has 3 rings (SSSR count). The van der Waals surface area contributed by atoms with Crippen LogP contribution in [0.25, 0.3) is 0 Å². The number of aromatic nitrogens is 1. The zero-order valence-electron chi connectivity index (χ0n) is 14.7. The Bertz CT molecular complexity index is 791. The molecule has 0 spiro atoms. The molecule has 1 aliphatic heterocycles. The van der Waals surface area contributed by atoms with Gasteiger partial charge in [-0.05, 0) is 37.3 Å². The van der Waals surface area contributed by atoms with Crippen molar-refractivity contribution in [2.45, 2.75) is 19.4 Å². The molecule has 1 unspecified atom stereocenters. The van der Waals surface area contributed by atoms with Gasteiger partial charge in [-0.25, -0.2) is 0 Å². The standard InChI is InChI=1S/C19H22N4O2/c1-13(15-6-4-5-10-20-15)23(3)19(25)14-7-8-17-16(12-14)21-18(24)9-11-22(17)2/h4-8,10,12-13H,9,11H2,1-3H3,(H,21,24). The van der Waals surface area contributed by atoms with Gasteiger partial charge in [0.15, 0.2) is 0 Å². The van der Waals surface area contributed by atoms with E-state index in [4.69, 9.17) is 0 Å². The molecular formula is C19H22N4O2. The second kappa shape index (κ2) is 6.93. The molecule has 1 N–H and O–H groups in total. The number of carbonyl (C=O) groups is 2. The van der Waals surface area contributed by atoms with Crippen LogP contribution in [0.1, 0.15) is 35.4 Å². The lowest BCUT2D eigenvalue weighted by molar-refractivity contribution is -0.115. The molecule has 0 fully saturated rings. The smallest absolute Gasteiger partial charge is 0.254 e. The van der Waals surface area contributed by atoms with Crippen LogP contribution in [0.5, 0.6) is 0 Å². The predicted molar refractivity (Wildman–Crippen MR) is 97.7 cm³/mol. The highest BCUT2D eigenvalue weighted by Gasteiger charge is 2.22. The summed E-state index contributed by atoms with van der Waals surface area (Å²) < 4.78 is 0. The van der Waals surface area contributed by atoms with Gasteiger partial charge < -0.3 is 15.1 Å². The summed E-state index contributed by atoms with van der Waals surface area (Å²) >= 11 is 0. The van der Waals surface area contributed by atoms with Crippen LogP contribution in [0.4, 0.5) is 11.4 Å². The zero-order chi connectivity index (χ0) is 18.0. The van der Waals surface area contributed by atoms with E-state index in [0.29, 0.717) is 24.2 Å². The first kappa shape index (κ1) is 17.0. The minimum Gasteiger partial charge on any atom is -0.372 e. The van der Waals surface area contributed by atoms with Crippen LogP contribution in [-0.2, 0) is 4.79 Å². The Morgan fingerprint density at radius 3 is 2.84 bits per heavy atom. The number of hydrogen-bond acceptors (Lipinski definition) is 4. The van der Waals surface area contributed by atoms with Crippen LogP contribution in [0, 0.1) is 0 Å². The number of fused-ring (bicyclic) bond motifs is 1. The molecule has 1 atom stereocenters. The number of benzene rings is 1. The highest BCUT2D eigenvalue weighted by molar-refractivity contribution is 6.00. The quantitative estimate of drug-likeness (QED) is 0.934. The van der Waals surface area contributed by atoms with Gasteiger partial charge in [0.1, 0.15) is 0 Å². The Labute approximate surface area is 147 Å². The minimum absolute atomic E-state index is 0.0367. The van der Waals surface area contributed by atoms with Gasteiger partial charge in [0.05, 0.1) is 23.1 Å². The predicted octanol–water partition coefficient (Wildman–Crippen LogP) is 2.69. The van der Waals surface area contributed by atoms with E-state index < -0.39 is 0 Å². The Morgan fingerprint density at radius 2 is 2.12 bits per heavy atom. The molecule has 1 aliphatic rings. The van der Waals surface area contributed by atoms with Gasteiger partial charge in [0, 0.05) is 38.8 Å². The summed E-state index contributed by atoms with van der Waals surface area (Å²) in [5.74, 6) is -0.146. The van der Waals surface area contributed by atoms with Crippen molar-refractivity contribution in [3.05, 3.63) is 53.9 Å². The average Bonchev–Trinajstić information content (AvgIpc) is 2.78. The fourth-order valence-corrected chi connectivity index (χ4v) is 2.91. The van der Waals surface area contributed by atoms with Gasteiger partial charge in [0.2, 0.25) is 5.91 Å². The minimum atomic E-state index is -0.148. The van der Waals surface area contributed by atoms with Crippen molar-refractivity contribution in [1.82, 2.24) is 9.88 Å². The van der Waals surface area contributed by atoms with E-state index in [1.807, 2.05) is 43.1 Å². The summed E-state index contributed by atoms with van der Waals surface area (Å²) in [5.41, 5.74) is 2.97. The third-order valence-corrected chi connectivity index (χ3v) is 4.62. The number of pyridine rings is 1. The number of nitrogens with one attached hydrogen (secondary N) is 1. The highest BCUT2D eigenvalue weighted by Crippen LogP contribution is 2.30. The number of anilines is 2. The lowest BCUT2D eigenvalue weighted by Crippen LogP contribution is -2.30. The second-order valence-electron chi connectivity index (χ2n) is 6.30. The molecule has 0 bridgehead atoms. The molecule has 2 aromatic rings. The Morgan fingerprint density at radius 1 is 1.32 bits per heavy atom. The molecule has 0 saturated carbocycles. The molecule has 0 saturated heterocycles. The molecule has 0 aliphatic carbocycles. The third-order valence-electron chi connectivity index (χ3n) is 4.62. The monoisotopic (exact) mass is 338 g/mol. The van der Waals surface area contributed by atoms with Crippen LogP contribution in [-0.4, -0.2) is 42.3 Å². The first-order chi connectivity index (χ1) is 12.0. The number of rotatable bonds is 3. The van der Waals surface area contributed by atoms with Crippen molar-refractivity contribution in [1.29, 1.82) is 0 Å². The Balaban J connectivity index is 1.86. The van der Waals surface area contributed by atoms with E-state index in [9.17, 15) is 9.59 Å². The number of hydrogen-bond donors (Lipinski definition) is 1. The van der Waals surface area contributed by atoms with Gasteiger partial charge in [-0.2, -0.15) is 0 Å². The normalized spacial score (nSPS) is 15.0. The Hall–Kier alpha value is -2.89. The summed E-state index contributed by atoms with van der Waals surface area (Å²) in [6.45, 7) is 2.60. The third kappa shape index (κ3) is 3.47. The molecule has 2 heterocycles. The summed E-state index contributed by atoms with van der Waals surface area (Å²) in [6, 6.07) is 10.9. The van der Waals surface area contributed by atoms with Crippen molar-refractivity contribution in [3.8, 4) is 0 Å². The van der Waals surface area contributed by atoms with Crippen LogP contribution >= 0.6 is 0 Å². The molecule has 6 nitrogen and oxygen atoms in total. The first-order valence-corrected chi connectivity index (χ1v) is 8.30. The second-order valence-corrected chi connectivity index (χ2v) is 6.30. The lowest BCUT2D eigenvalue weighted by atomic mass is 10.1. The van der Waals surface area contributed by atoms with E-state index in [1.54, 1.807) is 30.3 Å². The van der Waals surface area contributed by atoms with E-state index in [0.717, 1.165) is 11.4 Å². The molecule has 1 aromatic carbocycles. The molecule has 2 amide bonds. The summed E-state index contributed by atoms with van der Waals surface area (Å²) in [7, 11) is 3.70. The van der Waals surface area contributed by atoms with Crippen LogP contribution in [0.15, 0.2) is 42.6 Å². The number of nitrogens with zero attached hydrogens (tertiary/aromatic N) is 3. The maximum absolute atomic E-state index is 12.9. The maximum atomic E-state index is 12.9. The number of amides is 2. The molecule has 1 aromatic heterocycles. The van der Waals surface area contributed by atoms with Crippen molar-refractivity contribution >= 4 is 23.2 Å². The van der Waals surface area contributed by atoms with Crippen molar-refractivity contribution in [2.24, 2.45) is 0 Å². The van der Waals surface area contributed by atoms with E-state index in [2.05, 4.69) is 10.3 Å². The van der Waals surface area contributed by atoms with Gasteiger partial charge >= 0.3 is 0 Å². The summed E-state index contributed by atoms with van der Waals surface area (Å²) in [5, 5.41) is 2.88. The summed E-state index contributed by atoms with van der Waals surface area (Å²) in [6.07, 6.45) is 2.16. The van der Waals surface area contributed by atoms with Crippen molar-refractivity contribution in [3.63, 3.8) is 0 Å². The van der Waals surface area contributed by atoms with E-state index >= 15 is 0 Å². The van der Waals surface area contributed by atoms with Gasteiger partial charge in [-0.15, -0.1) is 0 Å². The van der Waals surface area contributed by atoms with E-state index in [1.165, 1.54) is 0 Å². The van der Waals surface area contributed by atoms with Crippen LogP contribution < -0.4 is 10.2 Å². The van der Waals surface area contributed by atoms with Crippen LogP contribution in [0.3, 0.4) is 0 Å². The van der Waals surface area contributed by atoms with Crippen molar-refractivity contribution in [2.75, 3.05) is 30.9 Å². The molecule has 25 heavy (non-hydrogen) atoms. The van der Waals surface area contributed by atoms with Crippen molar-refractivity contribution < 1.29 is 9.59 Å². The Kier molecular flexibility index (Phi) is 4.70. The van der Waals surface area contributed by atoms with Gasteiger partial charge in [-0.1, -0.05) is 6.07 Å². The SMILES string of the molecule is CC(c1ccccn1)N(C)C(=O)c1ccc2c(c1)NC(=O)CCN2C. The molecule has 6 heteroatoms. The molecule has 0 radical (unpaired) electrons. The average molecular weight is 338 g/mol. The zero-order valence-corrected chi connectivity index (χ0v) is 14.7. The fourth-order valence-electron chi connectivity index (χ4n) is 2.91. The summed E-state index contributed by atoms with van der Waals surface area (Å²) in [4.78, 5) is 32.7. The largest absolute Gasteiger partial charge is 0.372 e. The van der Waals surface area contributed by atoms with Gasteiger partial charge in [-0.3, -0.25) is 14.6 Å². The van der Waals surface area contributed by atoms with Gasteiger partial charge in [0.25, 0.3) is 5.91 Å².